The van der Waals surface area contributed by atoms with Gasteiger partial charge in [-0.1, -0.05) is 11.3 Å². The van der Waals surface area contributed by atoms with Gasteiger partial charge < -0.3 is 19.3 Å². The lowest BCUT2D eigenvalue weighted by atomic mass is 10.1. The van der Waals surface area contributed by atoms with Crippen LogP contribution in [0.5, 0.6) is 5.88 Å². The van der Waals surface area contributed by atoms with Crippen LogP contribution in [-0.4, -0.2) is 115 Å². The van der Waals surface area contributed by atoms with Crippen LogP contribution in [0.15, 0.2) is 17.0 Å². The Bertz CT molecular complexity index is 1660. The van der Waals surface area contributed by atoms with E-state index in [2.05, 4.69) is 24.9 Å². The highest BCUT2D eigenvalue weighted by molar-refractivity contribution is 7.89. The second kappa shape index (κ2) is 10.0. The Morgan fingerprint density at radius 1 is 1.19 bits per heavy atom. The van der Waals surface area contributed by atoms with Crippen LogP contribution >= 0.6 is 11.3 Å². The van der Waals surface area contributed by atoms with Gasteiger partial charge in [0, 0.05) is 31.7 Å². The van der Waals surface area contributed by atoms with Crippen molar-refractivity contribution < 1.29 is 31.5 Å². The van der Waals surface area contributed by atoms with Crippen LogP contribution in [0.25, 0.3) is 16.0 Å². The Kier molecular flexibility index (Phi) is 6.65. The Labute approximate surface area is 244 Å². The molecule has 13 nitrogen and oxygen atoms in total. The number of carbonyl (C=O) groups excluding carboxylic acids is 1. The summed E-state index contributed by atoms with van der Waals surface area (Å²) in [4.78, 5) is 18.6. The highest BCUT2D eigenvalue weighted by Crippen LogP contribution is 2.42. The monoisotopic (exact) mass is 624 g/mol. The molecule has 1 aromatic carbocycles. The Morgan fingerprint density at radius 3 is 2.64 bits per heavy atom. The Balaban J connectivity index is 1.39. The first-order valence-electron chi connectivity index (χ1n) is 13.7. The zero-order valence-corrected chi connectivity index (χ0v) is 24.6. The average molecular weight is 625 g/mol. The van der Waals surface area contributed by atoms with Crippen LogP contribution in [0.4, 0.5) is 14.5 Å². The summed E-state index contributed by atoms with van der Waals surface area (Å²) in [6.45, 7) is 5.00. The summed E-state index contributed by atoms with van der Waals surface area (Å²) in [7, 11) is -2.07. The number of hydrogen-bond donors (Lipinski definition) is 1. The smallest absolute Gasteiger partial charge is 0.291 e. The molecular weight excluding hydrogens is 594 g/mol. The van der Waals surface area contributed by atoms with Gasteiger partial charge in [0.2, 0.25) is 26.9 Å². The first-order valence-corrected chi connectivity index (χ1v) is 16.0. The molecule has 0 bridgehead atoms. The zero-order valence-electron chi connectivity index (χ0n) is 23.0. The molecule has 3 aliphatic heterocycles. The lowest BCUT2D eigenvalue weighted by molar-refractivity contribution is -0.139. The topological polar surface area (TPSA) is 135 Å². The van der Waals surface area contributed by atoms with Gasteiger partial charge in [0.15, 0.2) is 5.01 Å². The van der Waals surface area contributed by atoms with Gasteiger partial charge in [0.25, 0.3) is 6.43 Å². The van der Waals surface area contributed by atoms with E-state index < -0.39 is 27.0 Å². The predicted molar refractivity (Wildman–Crippen MR) is 148 cm³/mol. The van der Waals surface area contributed by atoms with Gasteiger partial charge in [0.05, 0.1) is 47.3 Å². The van der Waals surface area contributed by atoms with Gasteiger partial charge in [-0.25, -0.2) is 26.6 Å². The maximum absolute atomic E-state index is 13.7. The van der Waals surface area contributed by atoms with E-state index in [1.54, 1.807) is 6.07 Å². The van der Waals surface area contributed by atoms with Crippen molar-refractivity contribution in [3.63, 3.8) is 0 Å². The molecule has 1 N–H and O–H groups in total. The number of piperazine rings is 2. The van der Waals surface area contributed by atoms with Crippen molar-refractivity contribution in [2.24, 2.45) is 0 Å². The highest BCUT2D eigenvalue weighted by Gasteiger charge is 2.42. The summed E-state index contributed by atoms with van der Waals surface area (Å²) in [6.07, 6.45) is -1.62. The lowest BCUT2D eigenvalue weighted by Gasteiger charge is -2.47. The lowest BCUT2D eigenvalue weighted by Crippen LogP contribution is -2.63. The fourth-order valence-electron chi connectivity index (χ4n) is 5.62. The summed E-state index contributed by atoms with van der Waals surface area (Å²) in [5.41, 5.74) is 0.381. The summed E-state index contributed by atoms with van der Waals surface area (Å²) >= 11 is 0.671. The van der Waals surface area contributed by atoms with Crippen molar-refractivity contribution in [3.8, 4) is 11.0 Å². The largest absolute Gasteiger partial charge is 0.468 e. The number of anilines is 1. The molecule has 5 heterocycles. The minimum absolute atomic E-state index is 0.00988. The number of aromatic nitrogens is 4. The number of hydrogen-bond acceptors (Lipinski definition) is 11. The van der Waals surface area contributed by atoms with Crippen molar-refractivity contribution in [3.05, 3.63) is 17.1 Å². The van der Waals surface area contributed by atoms with Crippen LogP contribution in [0.3, 0.4) is 0 Å². The van der Waals surface area contributed by atoms with E-state index in [4.69, 9.17) is 9.47 Å². The van der Waals surface area contributed by atoms with Crippen molar-refractivity contribution in [2.75, 3.05) is 57.9 Å². The van der Waals surface area contributed by atoms with E-state index in [1.807, 2.05) is 23.8 Å². The van der Waals surface area contributed by atoms with Crippen LogP contribution in [-0.2, 0) is 19.6 Å². The van der Waals surface area contributed by atoms with E-state index in [1.165, 1.54) is 10.7 Å². The SMILES string of the molecule is CN1CC(=O)N2CCN(c3cc(S(=O)(=O)NC4(C)CC4)cc4c3c(OC3COC3)nn4-c3nnc(C(F)F)s3)C[C@H]2C1. The molecule has 1 saturated carbocycles. The molecule has 3 aromatic rings. The van der Waals surface area contributed by atoms with Crippen LogP contribution in [0.1, 0.15) is 31.2 Å². The van der Waals surface area contributed by atoms with Crippen LogP contribution in [0, 0.1) is 0 Å². The number of rotatable bonds is 8. The number of fused-ring (bicyclic) bond motifs is 2. The second-order valence-electron chi connectivity index (χ2n) is 11.6. The molecule has 2 aromatic heterocycles. The number of carbonyl (C=O) groups is 1. The van der Waals surface area contributed by atoms with Gasteiger partial charge >= 0.3 is 0 Å². The van der Waals surface area contributed by atoms with E-state index in [0.717, 1.165) is 12.8 Å². The molecule has 4 aliphatic rings. The number of ether oxygens (including phenoxy) is 2. The standard InChI is InChI=1S/C25H30F2N8O5S2/c1-25(3-4-25)31-42(37,38)16-7-17(33-5-6-34-14(10-33)9-32(2)11-19(34)36)20-18(8-16)35(24-29-28-23(41-24)21(26)27)30-22(20)40-15-12-39-13-15/h7-8,14-15,21,31H,3-6,9-13H2,1-2H3/t14-/m1/s1. The fraction of sp³-hybridized carbons (Fsp3) is 0.600. The molecule has 0 unspecified atom stereocenters. The quantitative estimate of drug-likeness (QED) is 0.392. The molecule has 0 radical (unpaired) electrons. The first kappa shape index (κ1) is 27.8. The molecule has 226 valence electrons. The molecule has 1 atom stereocenters. The molecule has 7 rings (SSSR count). The summed E-state index contributed by atoms with van der Waals surface area (Å²) in [6, 6.07) is 2.99. The number of amides is 1. The van der Waals surface area contributed by atoms with E-state index in [9.17, 15) is 22.0 Å². The van der Waals surface area contributed by atoms with Crippen molar-refractivity contribution in [1.29, 1.82) is 0 Å². The third kappa shape index (κ3) is 5.00. The van der Waals surface area contributed by atoms with Gasteiger partial charge in [0.1, 0.15) is 6.10 Å². The summed E-state index contributed by atoms with van der Waals surface area (Å²) < 4.78 is 69.8. The van der Waals surface area contributed by atoms with Gasteiger partial charge in [-0.05, 0) is 38.9 Å². The van der Waals surface area contributed by atoms with E-state index in [0.29, 0.717) is 73.9 Å². The number of benzene rings is 1. The van der Waals surface area contributed by atoms with Crippen molar-refractivity contribution >= 4 is 43.9 Å². The molecule has 1 aliphatic carbocycles. The predicted octanol–water partition coefficient (Wildman–Crippen LogP) is 1.39. The Hall–Kier alpha value is -2.99. The number of halogens is 2. The van der Waals surface area contributed by atoms with Crippen molar-refractivity contribution in [1.82, 2.24) is 34.5 Å². The second-order valence-corrected chi connectivity index (χ2v) is 14.3. The van der Waals surface area contributed by atoms with E-state index >= 15 is 0 Å². The highest BCUT2D eigenvalue weighted by atomic mass is 32.2. The zero-order chi connectivity index (χ0) is 29.4. The molecule has 17 heteroatoms. The average Bonchev–Trinajstić information content (AvgIpc) is 3.29. The third-order valence-electron chi connectivity index (χ3n) is 8.15. The number of sulfonamides is 1. The number of alkyl halides is 2. The van der Waals surface area contributed by atoms with Gasteiger partial charge in [-0.3, -0.25) is 9.69 Å². The summed E-state index contributed by atoms with van der Waals surface area (Å²) in [5.74, 6) is 0.275. The maximum Gasteiger partial charge on any atom is 0.291 e. The Morgan fingerprint density at radius 2 is 1.98 bits per heavy atom. The van der Waals surface area contributed by atoms with Gasteiger partial charge in [-0.2, -0.15) is 0 Å². The van der Waals surface area contributed by atoms with Crippen LogP contribution < -0.4 is 14.4 Å². The molecule has 1 amide bonds. The number of nitrogens with one attached hydrogen (secondary N) is 1. The first-order chi connectivity index (χ1) is 20.0. The fourth-order valence-corrected chi connectivity index (χ4v) is 7.79. The maximum atomic E-state index is 13.7. The minimum Gasteiger partial charge on any atom is -0.468 e. The summed E-state index contributed by atoms with van der Waals surface area (Å²) in [5, 5.41) is 12.3. The third-order valence-corrected chi connectivity index (χ3v) is 10.7. The molecule has 42 heavy (non-hydrogen) atoms. The molecular formula is C25H30F2N8O5S2. The van der Waals surface area contributed by atoms with E-state index in [-0.39, 0.29) is 34.0 Å². The number of nitrogens with zero attached hydrogens (tertiary/aromatic N) is 7. The molecule has 0 spiro atoms. The molecule has 3 saturated heterocycles. The van der Waals surface area contributed by atoms with Crippen LogP contribution in [0.2, 0.25) is 0 Å². The number of likely N-dealkylation sites (N-methyl/N-ethyl adjacent to an activating group) is 1. The van der Waals surface area contributed by atoms with Crippen molar-refractivity contribution in [2.45, 2.75) is 48.8 Å². The molecule has 4 fully saturated rings. The van der Waals surface area contributed by atoms with Gasteiger partial charge in [-0.15, -0.1) is 15.3 Å². The minimum atomic E-state index is -3.97. The normalized spacial score (nSPS) is 23.0.